The summed E-state index contributed by atoms with van der Waals surface area (Å²) in [7, 11) is 0. The van der Waals surface area contributed by atoms with E-state index in [1.165, 1.54) is 18.2 Å². The molecule has 0 heterocycles. The molecule has 0 atom stereocenters. The van der Waals surface area contributed by atoms with Gasteiger partial charge in [0.1, 0.15) is 0 Å². The summed E-state index contributed by atoms with van der Waals surface area (Å²) in [6.07, 6.45) is -3.73. The van der Waals surface area contributed by atoms with E-state index in [0.29, 0.717) is 5.56 Å². The third kappa shape index (κ3) is 4.94. The summed E-state index contributed by atoms with van der Waals surface area (Å²) >= 11 is 20.5. The summed E-state index contributed by atoms with van der Waals surface area (Å²) < 4.78 is 40.6. The fourth-order valence-corrected chi connectivity index (χ4v) is 3.38. The number of aromatic carboxylic acids is 1. The molecule has 0 fully saturated rings. The molecule has 0 unspecified atom stereocenters. The minimum atomic E-state index is -4.64. The maximum absolute atomic E-state index is 13.4. The molecule has 0 aromatic heterocycles. The Hall–Kier alpha value is -1.21. The van der Waals surface area contributed by atoms with Crippen molar-refractivity contribution in [2.75, 3.05) is 0 Å². The second kappa shape index (κ2) is 8.21. The van der Waals surface area contributed by atoms with Crippen molar-refractivity contribution in [3.63, 3.8) is 0 Å². The number of hydrogen-bond donors (Lipinski definition) is 1. The molecule has 9 heteroatoms. The molecular formula is C17H9BrCl3F3O2. The van der Waals surface area contributed by atoms with Gasteiger partial charge < -0.3 is 5.11 Å². The Bertz CT molecular complexity index is 872. The van der Waals surface area contributed by atoms with Crippen LogP contribution in [0, 0.1) is 0 Å². The summed E-state index contributed by atoms with van der Waals surface area (Å²) in [4.78, 5) is 11.0. The van der Waals surface area contributed by atoms with Crippen molar-refractivity contribution in [1.82, 2.24) is 0 Å². The second-order valence-electron chi connectivity index (χ2n) is 5.19. The highest BCUT2D eigenvalue weighted by Crippen LogP contribution is 2.39. The number of benzene rings is 2. The lowest BCUT2D eigenvalue weighted by Crippen LogP contribution is -2.11. The Kier molecular flexibility index (Phi) is 6.66. The van der Waals surface area contributed by atoms with E-state index in [0.717, 1.165) is 18.2 Å². The Morgan fingerprint density at radius 1 is 1.12 bits per heavy atom. The first kappa shape index (κ1) is 21.1. The van der Waals surface area contributed by atoms with Gasteiger partial charge in [0.15, 0.2) is 0 Å². The predicted molar refractivity (Wildman–Crippen MR) is 100 cm³/mol. The van der Waals surface area contributed by atoms with Crippen LogP contribution >= 0.6 is 50.7 Å². The first-order chi connectivity index (χ1) is 12.0. The molecule has 0 spiro atoms. The van der Waals surface area contributed by atoms with Gasteiger partial charge >= 0.3 is 12.1 Å². The standard InChI is InChI=1S/C17H9BrCl3F3O2/c18-12-5-8(1-3-10(12)16(25)26)2-4-11(17(22,23)24)9-6-13(19)15(21)14(20)7-9/h1,3-7H,2H2,(H,25,26). The fourth-order valence-electron chi connectivity index (χ4n) is 2.19. The average molecular weight is 489 g/mol. The summed E-state index contributed by atoms with van der Waals surface area (Å²) in [5.74, 6) is -1.14. The molecule has 0 aliphatic rings. The minimum absolute atomic E-state index is 0.0186. The zero-order valence-electron chi connectivity index (χ0n) is 12.7. The van der Waals surface area contributed by atoms with E-state index >= 15 is 0 Å². The van der Waals surface area contributed by atoms with Crippen LogP contribution in [0.1, 0.15) is 21.5 Å². The van der Waals surface area contributed by atoms with Gasteiger partial charge in [-0.05, 0) is 57.7 Å². The summed E-state index contributed by atoms with van der Waals surface area (Å²) in [5, 5.41) is 8.79. The van der Waals surface area contributed by atoms with E-state index in [-0.39, 0.29) is 37.1 Å². The molecule has 138 valence electrons. The lowest BCUT2D eigenvalue weighted by Gasteiger charge is -2.14. The highest BCUT2D eigenvalue weighted by Gasteiger charge is 2.35. The second-order valence-corrected chi connectivity index (χ2v) is 7.24. The van der Waals surface area contributed by atoms with Gasteiger partial charge in [0.05, 0.1) is 26.2 Å². The molecule has 26 heavy (non-hydrogen) atoms. The Balaban J connectivity index is 2.43. The van der Waals surface area contributed by atoms with Crippen LogP contribution < -0.4 is 0 Å². The van der Waals surface area contributed by atoms with Gasteiger partial charge in [-0.1, -0.05) is 46.9 Å². The van der Waals surface area contributed by atoms with E-state index in [1.54, 1.807) is 0 Å². The smallest absolute Gasteiger partial charge is 0.416 e. The van der Waals surface area contributed by atoms with Crippen molar-refractivity contribution in [2.45, 2.75) is 12.6 Å². The van der Waals surface area contributed by atoms with E-state index in [4.69, 9.17) is 39.9 Å². The molecule has 1 N–H and O–H groups in total. The van der Waals surface area contributed by atoms with Gasteiger partial charge in [-0.3, -0.25) is 0 Å². The van der Waals surface area contributed by atoms with Gasteiger partial charge in [0.2, 0.25) is 0 Å². The maximum atomic E-state index is 13.4. The van der Waals surface area contributed by atoms with Crippen molar-refractivity contribution < 1.29 is 23.1 Å². The lowest BCUT2D eigenvalue weighted by atomic mass is 10.0. The van der Waals surface area contributed by atoms with Crippen LogP contribution in [0.15, 0.2) is 40.9 Å². The van der Waals surface area contributed by atoms with Crippen molar-refractivity contribution in [3.8, 4) is 0 Å². The first-order valence-electron chi connectivity index (χ1n) is 6.94. The van der Waals surface area contributed by atoms with Gasteiger partial charge in [-0.2, -0.15) is 13.2 Å². The third-order valence-electron chi connectivity index (χ3n) is 3.41. The van der Waals surface area contributed by atoms with Gasteiger partial charge in [-0.15, -0.1) is 0 Å². The summed E-state index contributed by atoms with van der Waals surface area (Å²) in [5.41, 5.74) is -0.616. The van der Waals surface area contributed by atoms with Crippen molar-refractivity contribution in [2.24, 2.45) is 0 Å². The average Bonchev–Trinajstić information content (AvgIpc) is 2.51. The van der Waals surface area contributed by atoms with Crippen molar-refractivity contribution in [3.05, 3.63) is 72.6 Å². The Morgan fingerprint density at radius 2 is 1.69 bits per heavy atom. The van der Waals surface area contributed by atoms with Crippen LogP contribution in [0.25, 0.3) is 5.57 Å². The topological polar surface area (TPSA) is 37.3 Å². The number of carboxylic acids is 1. The molecule has 2 nitrogen and oxygen atoms in total. The highest BCUT2D eigenvalue weighted by atomic mass is 79.9. The minimum Gasteiger partial charge on any atom is -0.478 e. The maximum Gasteiger partial charge on any atom is 0.416 e. The molecule has 0 radical (unpaired) electrons. The number of hydrogen-bond acceptors (Lipinski definition) is 1. The van der Waals surface area contributed by atoms with Gasteiger partial charge in [0.25, 0.3) is 0 Å². The molecule has 0 saturated heterocycles. The Labute approximate surface area is 170 Å². The monoisotopic (exact) mass is 486 g/mol. The van der Waals surface area contributed by atoms with Crippen LogP contribution in [-0.4, -0.2) is 17.3 Å². The molecule has 0 aliphatic heterocycles. The van der Waals surface area contributed by atoms with Crippen LogP contribution in [-0.2, 0) is 6.42 Å². The zero-order chi connectivity index (χ0) is 19.6. The number of carbonyl (C=O) groups is 1. The highest BCUT2D eigenvalue weighted by molar-refractivity contribution is 9.10. The molecule has 0 saturated carbocycles. The number of carboxylic acid groups (broad SMARTS) is 1. The van der Waals surface area contributed by atoms with Gasteiger partial charge in [0, 0.05) is 4.47 Å². The number of alkyl halides is 3. The number of rotatable bonds is 4. The van der Waals surface area contributed by atoms with Crippen LogP contribution in [0.3, 0.4) is 0 Å². The molecule has 2 aromatic carbocycles. The number of allylic oxidation sites excluding steroid dienone is 2. The van der Waals surface area contributed by atoms with Crippen LogP contribution in [0.5, 0.6) is 0 Å². The van der Waals surface area contributed by atoms with Crippen LogP contribution in [0.4, 0.5) is 13.2 Å². The molecular weight excluding hydrogens is 479 g/mol. The molecule has 0 bridgehead atoms. The summed E-state index contributed by atoms with van der Waals surface area (Å²) in [6.45, 7) is 0. The van der Waals surface area contributed by atoms with E-state index in [9.17, 15) is 18.0 Å². The first-order valence-corrected chi connectivity index (χ1v) is 8.87. The molecule has 2 rings (SSSR count). The lowest BCUT2D eigenvalue weighted by molar-refractivity contribution is -0.0690. The van der Waals surface area contributed by atoms with Crippen molar-refractivity contribution in [1.29, 1.82) is 0 Å². The van der Waals surface area contributed by atoms with Gasteiger partial charge in [-0.25, -0.2) is 4.79 Å². The largest absolute Gasteiger partial charge is 0.478 e. The normalized spacial score (nSPS) is 12.3. The fraction of sp³-hybridized carbons (Fsp3) is 0.118. The van der Waals surface area contributed by atoms with Crippen LogP contribution in [0.2, 0.25) is 15.1 Å². The molecule has 0 aliphatic carbocycles. The predicted octanol–water partition coefficient (Wildman–Crippen LogP) is 7.30. The molecule has 0 amide bonds. The Morgan fingerprint density at radius 3 is 2.15 bits per heavy atom. The SMILES string of the molecule is O=C(O)c1ccc(CC=C(c2cc(Cl)c(Cl)c(Cl)c2)C(F)(F)F)cc1Br. The van der Waals surface area contributed by atoms with E-state index in [1.807, 2.05) is 0 Å². The molecule has 2 aromatic rings. The van der Waals surface area contributed by atoms with Crippen molar-refractivity contribution >= 4 is 62.3 Å². The summed E-state index contributed by atoms with van der Waals surface area (Å²) in [6, 6.07) is 6.41. The zero-order valence-corrected chi connectivity index (χ0v) is 16.5. The van der Waals surface area contributed by atoms with E-state index < -0.39 is 17.7 Å². The number of halogens is 7. The quantitative estimate of drug-likeness (QED) is 0.459. The van der Waals surface area contributed by atoms with E-state index in [2.05, 4.69) is 15.9 Å². The third-order valence-corrected chi connectivity index (χ3v) is 5.26.